The van der Waals surface area contributed by atoms with E-state index in [2.05, 4.69) is 13.0 Å². The second-order valence-electron chi connectivity index (χ2n) is 8.62. The number of aliphatic hydroxyl groups is 1. The first-order chi connectivity index (χ1) is 15.6. The lowest BCUT2D eigenvalue weighted by Gasteiger charge is -2.16. The van der Waals surface area contributed by atoms with Crippen LogP contribution < -0.4 is 4.74 Å². The van der Waals surface area contributed by atoms with E-state index in [1.54, 1.807) is 12.1 Å². The summed E-state index contributed by atoms with van der Waals surface area (Å²) in [6.45, 7) is 5.98. The number of hydrogen-bond donors (Lipinski definition) is 1. The molecule has 0 atom stereocenters. The van der Waals surface area contributed by atoms with Crippen LogP contribution in [0.25, 0.3) is 5.57 Å². The lowest BCUT2D eigenvalue weighted by atomic mass is 9.99. The smallest absolute Gasteiger partial charge is 0.338 e. The first-order valence-electron chi connectivity index (χ1n) is 11.1. The summed E-state index contributed by atoms with van der Waals surface area (Å²) >= 11 is 0. The van der Waals surface area contributed by atoms with Crippen LogP contribution in [-0.2, 0) is 16.1 Å². The molecule has 0 bridgehead atoms. The third-order valence-corrected chi connectivity index (χ3v) is 5.28. The van der Waals surface area contributed by atoms with Crippen LogP contribution in [0, 0.1) is 0 Å². The first-order valence-corrected chi connectivity index (χ1v) is 11.1. The number of ether oxygens (including phenoxy) is 3. The maximum atomic E-state index is 12.1. The molecule has 2 aromatic carbocycles. The average Bonchev–Trinajstić information content (AvgIpc) is 2.80. The molecule has 0 aliphatic rings. The number of methoxy groups -OCH3 is 2. The van der Waals surface area contributed by atoms with Gasteiger partial charge in [-0.15, -0.1) is 0 Å². The first kappa shape index (κ1) is 26.1. The summed E-state index contributed by atoms with van der Waals surface area (Å²) in [6.07, 6.45) is 5.97. The number of rotatable bonds is 11. The van der Waals surface area contributed by atoms with Gasteiger partial charge in [0.2, 0.25) is 0 Å². The lowest BCUT2D eigenvalue weighted by Crippen LogP contribution is -2.17. The fourth-order valence-corrected chi connectivity index (χ4v) is 3.38. The Kier molecular flexibility index (Phi) is 9.67. The molecule has 2 rings (SSSR count). The second-order valence-corrected chi connectivity index (χ2v) is 8.62. The van der Waals surface area contributed by atoms with Gasteiger partial charge in [0, 0.05) is 0 Å². The SMILES string of the molecule is COC(=O)c1ccc(COc2cccc(C(C)=CCCCCC(C)(C)O)c2)cc1C(=O)OC. The zero-order valence-corrected chi connectivity index (χ0v) is 20.1. The number of allylic oxidation sites excluding steroid dienone is 2. The number of carbonyl (C=O) groups is 2. The topological polar surface area (TPSA) is 82.1 Å². The van der Waals surface area contributed by atoms with Crippen molar-refractivity contribution in [3.63, 3.8) is 0 Å². The van der Waals surface area contributed by atoms with Gasteiger partial charge in [0.15, 0.2) is 0 Å². The van der Waals surface area contributed by atoms with Gasteiger partial charge in [0.1, 0.15) is 12.4 Å². The monoisotopic (exact) mass is 454 g/mol. The minimum absolute atomic E-state index is 0.141. The van der Waals surface area contributed by atoms with Crippen LogP contribution in [0.1, 0.15) is 78.3 Å². The molecule has 0 aliphatic carbocycles. The van der Waals surface area contributed by atoms with Crippen molar-refractivity contribution in [2.45, 2.75) is 58.7 Å². The van der Waals surface area contributed by atoms with E-state index in [0.717, 1.165) is 36.8 Å². The van der Waals surface area contributed by atoms with Crippen molar-refractivity contribution in [3.05, 3.63) is 70.8 Å². The van der Waals surface area contributed by atoms with E-state index in [1.165, 1.54) is 25.9 Å². The number of benzene rings is 2. The Hall–Kier alpha value is -3.12. The average molecular weight is 455 g/mol. The molecule has 0 saturated heterocycles. The molecule has 1 N–H and O–H groups in total. The van der Waals surface area contributed by atoms with Gasteiger partial charge in [-0.3, -0.25) is 0 Å². The van der Waals surface area contributed by atoms with Gasteiger partial charge in [-0.25, -0.2) is 9.59 Å². The van der Waals surface area contributed by atoms with Crippen LogP contribution in [0.2, 0.25) is 0 Å². The van der Waals surface area contributed by atoms with Crippen LogP contribution in [-0.4, -0.2) is 36.9 Å². The van der Waals surface area contributed by atoms with Crippen molar-refractivity contribution in [3.8, 4) is 5.75 Å². The highest BCUT2D eigenvalue weighted by molar-refractivity contribution is 6.03. The molecule has 33 heavy (non-hydrogen) atoms. The fourth-order valence-electron chi connectivity index (χ4n) is 3.38. The molecule has 0 aliphatic heterocycles. The van der Waals surface area contributed by atoms with Crippen LogP contribution in [0.3, 0.4) is 0 Å². The standard InChI is InChI=1S/C27H34O6/c1-19(10-7-6-8-15-27(2,3)30)21-11-9-12-22(17-21)33-18-20-13-14-23(25(28)31-4)24(16-20)26(29)32-5/h9-14,16-17,30H,6-8,15,18H2,1-5H3. The molecule has 0 fully saturated rings. The second kappa shape index (κ2) is 12.2. The van der Waals surface area contributed by atoms with E-state index in [1.807, 2.05) is 38.1 Å². The third-order valence-electron chi connectivity index (χ3n) is 5.28. The minimum Gasteiger partial charge on any atom is -0.489 e. The predicted molar refractivity (Wildman–Crippen MR) is 128 cm³/mol. The zero-order chi connectivity index (χ0) is 24.4. The molecule has 6 nitrogen and oxygen atoms in total. The Morgan fingerprint density at radius 3 is 2.33 bits per heavy atom. The zero-order valence-electron chi connectivity index (χ0n) is 20.1. The molecule has 0 unspecified atom stereocenters. The summed E-state index contributed by atoms with van der Waals surface area (Å²) in [5.74, 6) is -0.501. The highest BCUT2D eigenvalue weighted by Gasteiger charge is 2.19. The van der Waals surface area contributed by atoms with Gasteiger partial charge < -0.3 is 19.3 Å². The molecule has 0 heterocycles. The number of unbranched alkanes of at least 4 members (excludes halogenated alkanes) is 2. The van der Waals surface area contributed by atoms with Gasteiger partial charge in [-0.2, -0.15) is 0 Å². The summed E-state index contributed by atoms with van der Waals surface area (Å²) in [6, 6.07) is 12.7. The van der Waals surface area contributed by atoms with Crippen molar-refractivity contribution in [2.75, 3.05) is 14.2 Å². The summed E-state index contributed by atoms with van der Waals surface area (Å²) < 4.78 is 15.5. The maximum Gasteiger partial charge on any atom is 0.338 e. The summed E-state index contributed by atoms with van der Waals surface area (Å²) in [4.78, 5) is 24.0. The van der Waals surface area contributed by atoms with Crippen LogP contribution in [0.4, 0.5) is 0 Å². The number of carbonyl (C=O) groups excluding carboxylic acids is 2. The van der Waals surface area contributed by atoms with Gasteiger partial charge in [0.05, 0.1) is 30.9 Å². The molecule has 2 aromatic rings. The van der Waals surface area contributed by atoms with E-state index >= 15 is 0 Å². The number of esters is 2. The molecule has 178 valence electrons. The van der Waals surface area contributed by atoms with Gasteiger partial charge in [-0.1, -0.05) is 30.7 Å². The van der Waals surface area contributed by atoms with E-state index < -0.39 is 17.5 Å². The van der Waals surface area contributed by atoms with Crippen molar-refractivity contribution in [1.29, 1.82) is 0 Å². The third kappa shape index (κ3) is 8.39. The summed E-state index contributed by atoms with van der Waals surface area (Å²) in [5, 5.41) is 9.80. The Bertz CT molecular complexity index is 984. The van der Waals surface area contributed by atoms with Crippen molar-refractivity contribution in [2.24, 2.45) is 0 Å². The van der Waals surface area contributed by atoms with Gasteiger partial charge in [0.25, 0.3) is 0 Å². The van der Waals surface area contributed by atoms with Crippen LogP contribution in [0.15, 0.2) is 48.5 Å². The maximum absolute atomic E-state index is 12.1. The quantitative estimate of drug-likeness (QED) is 0.353. The summed E-state index contributed by atoms with van der Waals surface area (Å²) in [5.41, 5.74) is 2.65. The Labute approximate surface area is 196 Å². The normalized spacial score (nSPS) is 11.8. The lowest BCUT2D eigenvalue weighted by molar-refractivity contribution is 0.0555. The molecule has 0 amide bonds. The fraction of sp³-hybridized carbons (Fsp3) is 0.407. The van der Waals surface area contributed by atoms with Gasteiger partial charge >= 0.3 is 11.9 Å². The van der Waals surface area contributed by atoms with E-state index in [-0.39, 0.29) is 17.7 Å². The molecule has 0 radical (unpaired) electrons. The van der Waals surface area contributed by atoms with Crippen LogP contribution >= 0.6 is 0 Å². The van der Waals surface area contributed by atoms with Crippen molar-refractivity contribution < 1.29 is 28.9 Å². The highest BCUT2D eigenvalue weighted by atomic mass is 16.5. The Morgan fingerprint density at radius 2 is 1.67 bits per heavy atom. The molecular weight excluding hydrogens is 420 g/mol. The van der Waals surface area contributed by atoms with Gasteiger partial charge in [-0.05, 0) is 81.0 Å². The van der Waals surface area contributed by atoms with E-state index in [0.29, 0.717) is 5.75 Å². The molecule has 0 spiro atoms. The van der Waals surface area contributed by atoms with E-state index in [4.69, 9.17) is 14.2 Å². The highest BCUT2D eigenvalue weighted by Crippen LogP contribution is 2.23. The Balaban J connectivity index is 2.03. The molecule has 6 heteroatoms. The van der Waals surface area contributed by atoms with Crippen molar-refractivity contribution >= 4 is 17.5 Å². The summed E-state index contributed by atoms with van der Waals surface area (Å²) in [7, 11) is 2.53. The largest absolute Gasteiger partial charge is 0.489 e. The molecular formula is C27H34O6. The minimum atomic E-state index is -0.609. The Morgan fingerprint density at radius 1 is 0.970 bits per heavy atom. The molecule has 0 aromatic heterocycles. The molecule has 0 saturated carbocycles. The number of hydrogen-bond acceptors (Lipinski definition) is 6. The van der Waals surface area contributed by atoms with Crippen LogP contribution in [0.5, 0.6) is 5.75 Å². The predicted octanol–water partition coefficient (Wildman–Crippen LogP) is 5.57. The van der Waals surface area contributed by atoms with E-state index in [9.17, 15) is 14.7 Å². The van der Waals surface area contributed by atoms with Crippen molar-refractivity contribution in [1.82, 2.24) is 0 Å².